The molecule has 1 aromatic carbocycles. The molecule has 0 bridgehead atoms. The second-order valence-corrected chi connectivity index (χ2v) is 6.31. The highest BCUT2D eigenvalue weighted by Gasteiger charge is 2.25. The number of hydrogen-bond acceptors (Lipinski definition) is 3. The predicted octanol–water partition coefficient (Wildman–Crippen LogP) is 2.80. The standard InChI is InChI=1S/C16H23FN4/c1-11(2)9-21-15(19-10-20-21)8-16(4,18)13-6-5-12(3)14(17)7-13/h5-7,10-11H,8-9,18H2,1-4H3. The molecular formula is C16H23FN4. The molecule has 0 aliphatic carbocycles. The molecule has 0 amide bonds. The first-order chi connectivity index (χ1) is 9.79. The fourth-order valence-electron chi connectivity index (χ4n) is 2.30. The van der Waals surface area contributed by atoms with Crippen LogP contribution in [0.4, 0.5) is 4.39 Å². The highest BCUT2D eigenvalue weighted by Crippen LogP contribution is 2.24. The van der Waals surface area contributed by atoms with Crippen LogP contribution in [-0.2, 0) is 18.5 Å². The maximum absolute atomic E-state index is 13.8. The van der Waals surface area contributed by atoms with Gasteiger partial charge in [0.05, 0.1) is 0 Å². The van der Waals surface area contributed by atoms with E-state index in [1.807, 2.05) is 17.7 Å². The van der Waals surface area contributed by atoms with Gasteiger partial charge in [0.15, 0.2) is 0 Å². The predicted molar refractivity (Wildman–Crippen MR) is 81.2 cm³/mol. The van der Waals surface area contributed by atoms with E-state index in [9.17, 15) is 4.39 Å². The van der Waals surface area contributed by atoms with Gasteiger partial charge in [-0.05, 0) is 37.0 Å². The van der Waals surface area contributed by atoms with Crippen molar-refractivity contribution in [1.82, 2.24) is 14.8 Å². The Morgan fingerprint density at radius 3 is 2.71 bits per heavy atom. The van der Waals surface area contributed by atoms with Crippen molar-refractivity contribution in [3.8, 4) is 0 Å². The molecule has 2 N–H and O–H groups in total. The quantitative estimate of drug-likeness (QED) is 0.921. The zero-order chi connectivity index (χ0) is 15.6. The molecule has 5 heteroatoms. The van der Waals surface area contributed by atoms with Gasteiger partial charge in [-0.2, -0.15) is 5.10 Å². The Morgan fingerprint density at radius 2 is 2.10 bits per heavy atom. The van der Waals surface area contributed by atoms with Crippen molar-refractivity contribution in [3.05, 3.63) is 47.3 Å². The molecule has 0 fully saturated rings. The molecule has 1 atom stereocenters. The van der Waals surface area contributed by atoms with Crippen LogP contribution in [0, 0.1) is 18.7 Å². The van der Waals surface area contributed by atoms with Crippen molar-refractivity contribution in [3.63, 3.8) is 0 Å². The molecule has 1 unspecified atom stereocenters. The molecule has 1 aromatic heterocycles. The smallest absolute Gasteiger partial charge is 0.138 e. The van der Waals surface area contributed by atoms with E-state index in [1.54, 1.807) is 19.3 Å². The minimum Gasteiger partial charge on any atom is -0.321 e. The molecule has 0 radical (unpaired) electrons. The van der Waals surface area contributed by atoms with Gasteiger partial charge in [-0.3, -0.25) is 0 Å². The number of hydrogen-bond donors (Lipinski definition) is 1. The monoisotopic (exact) mass is 290 g/mol. The zero-order valence-electron chi connectivity index (χ0n) is 13.1. The van der Waals surface area contributed by atoms with Crippen LogP contribution in [0.1, 0.15) is 37.7 Å². The Labute approximate surface area is 125 Å². The van der Waals surface area contributed by atoms with Crippen LogP contribution < -0.4 is 5.73 Å². The van der Waals surface area contributed by atoms with Gasteiger partial charge in [0, 0.05) is 18.5 Å². The molecule has 21 heavy (non-hydrogen) atoms. The lowest BCUT2D eigenvalue weighted by Crippen LogP contribution is -2.37. The number of nitrogens with zero attached hydrogens (tertiary/aromatic N) is 3. The summed E-state index contributed by atoms with van der Waals surface area (Å²) in [6.45, 7) is 8.69. The van der Waals surface area contributed by atoms with E-state index in [4.69, 9.17) is 5.73 Å². The lowest BCUT2D eigenvalue weighted by molar-refractivity contribution is 0.421. The summed E-state index contributed by atoms with van der Waals surface area (Å²) in [7, 11) is 0. The summed E-state index contributed by atoms with van der Waals surface area (Å²) < 4.78 is 15.6. The van der Waals surface area contributed by atoms with Crippen molar-refractivity contribution in [2.75, 3.05) is 0 Å². The van der Waals surface area contributed by atoms with Gasteiger partial charge in [-0.15, -0.1) is 0 Å². The van der Waals surface area contributed by atoms with Gasteiger partial charge in [-0.25, -0.2) is 14.1 Å². The molecule has 4 nitrogen and oxygen atoms in total. The molecule has 0 saturated carbocycles. The van der Waals surface area contributed by atoms with Gasteiger partial charge in [-0.1, -0.05) is 26.0 Å². The van der Waals surface area contributed by atoms with Crippen LogP contribution in [0.5, 0.6) is 0 Å². The molecule has 114 valence electrons. The number of rotatable bonds is 5. The van der Waals surface area contributed by atoms with Crippen LogP contribution in [0.15, 0.2) is 24.5 Å². The van der Waals surface area contributed by atoms with Crippen molar-refractivity contribution < 1.29 is 4.39 Å². The SMILES string of the molecule is Cc1ccc(C(C)(N)Cc2ncnn2CC(C)C)cc1F. The van der Waals surface area contributed by atoms with Crippen LogP contribution in [0.2, 0.25) is 0 Å². The number of nitrogens with two attached hydrogens (primary N) is 1. The van der Waals surface area contributed by atoms with E-state index in [-0.39, 0.29) is 5.82 Å². The molecule has 0 aliphatic rings. The Morgan fingerprint density at radius 1 is 1.38 bits per heavy atom. The molecule has 2 aromatic rings. The largest absolute Gasteiger partial charge is 0.321 e. The third-order valence-electron chi connectivity index (χ3n) is 3.59. The van der Waals surface area contributed by atoms with Crippen LogP contribution >= 0.6 is 0 Å². The van der Waals surface area contributed by atoms with Crippen molar-refractivity contribution in [2.45, 2.75) is 46.2 Å². The Kier molecular flexibility index (Phi) is 4.42. The first-order valence-electron chi connectivity index (χ1n) is 7.22. The first-order valence-corrected chi connectivity index (χ1v) is 7.22. The summed E-state index contributed by atoms with van der Waals surface area (Å²) in [4.78, 5) is 4.30. The maximum atomic E-state index is 13.8. The lowest BCUT2D eigenvalue weighted by atomic mass is 9.88. The summed E-state index contributed by atoms with van der Waals surface area (Å²) >= 11 is 0. The van der Waals surface area contributed by atoms with Gasteiger partial charge in [0.2, 0.25) is 0 Å². The molecule has 0 aliphatic heterocycles. The molecule has 0 saturated heterocycles. The van der Waals surface area contributed by atoms with Crippen molar-refractivity contribution in [2.24, 2.45) is 11.7 Å². The summed E-state index contributed by atoms with van der Waals surface area (Å²) in [6.07, 6.45) is 2.06. The number of aromatic nitrogens is 3. The molecular weight excluding hydrogens is 267 g/mol. The van der Waals surface area contributed by atoms with Crippen molar-refractivity contribution in [1.29, 1.82) is 0 Å². The van der Waals surface area contributed by atoms with E-state index in [0.29, 0.717) is 17.9 Å². The number of benzene rings is 1. The van der Waals surface area contributed by atoms with E-state index in [1.165, 1.54) is 6.07 Å². The Bertz CT molecular complexity index is 616. The fourth-order valence-corrected chi connectivity index (χ4v) is 2.30. The maximum Gasteiger partial charge on any atom is 0.138 e. The third-order valence-corrected chi connectivity index (χ3v) is 3.59. The van der Waals surface area contributed by atoms with E-state index in [2.05, 4.69) is 23.9 Å². The van der Waals surface area contributed by atoms with Gasteiger partial charge in [0.1, 0.15) is 18.0 Å². The summed E-state index contributed by atoms with van der Waals surface area (Å²) in [5, 5.41) is 4.24. The average Bonchev–Trinajstić information content (AvgIpc) is 2.78. The Hall–Kier alpha value is -1.75. The van der Waals surface area contributed by atoms with E-state index >= 15 is 0 Å². The van der Waals surface area contributed by atoms with Crippen LogP contribution in [-0.4, -0.2) is 14.8 Å². The zero-order valence-corrected chi connectivity index (χ0v) is 13.1. The average molecular weight is 290 g/mol. The number of halogens is 1. The van der Waals surface area contributed by atoms with Crippen LogP contribution in [0.25, 0.3) is 0 Å². The second kappa shape index (κ2) is 5.93. The normalized spacial score (nSPS) is 14.4. The molecule has 1 heterocycles. The number of aryl methyl sites for hydroxylation is 1. The van der Waals surface area contributed by atoms with Gasteiger partial charge < -0.3 is 5.73 Å². The summed E-state index contributed by atoms with van der Waals surface area (Å²) in [5.41, 5.74) is 7.11. The minimum atomic E-state index is -0.684. The highest BCUT2D eigenvalue weighted by molar-refractivity contribution is 5.29. The molecule has 2 rings (SSSR count). The fraction of sp³-hybridized carbons (Fsp3) is 0.500. The van der Waals surface area contributed by atoms with E-state index in [0.717, 1.165) is 17.9 Å². The topological polar surface area (TPSA) is 56.7 Å². The van der Waals surface area contributed by atoms with Gasteiger partial charge in [0.25, 0.3) is 0 Å². The highest BCUT2D eigenvalue weighted by atomic mass is 19.1. The third kappa shape index (κ3) is 3.67. The second-order valence-electron chi connectivity index (χ2n) is 6.31. The van der Waals surface area contributed by atoms with Crippen molar-refractivity contribution >= 4 is 0 Å². The summed E-state index contributed by atoms with van der Waals surface area (Å²) in [5.74, 6) is 1.08. The lowest BCUT2D eigenvalue weighted by Gasteiger charge is -2.25. The summed E-state index contributed by atoms with van der Waals surface area (Å²) in [6, 6.07) is 5.15. The Balaban J connectivity index is 2.24. The minimum absolute atomic E-state index is 0.229. The molecule has 0 spiro atoms. The first kappa shape index (κ1) is 15.6. The van der Waals surface area contributed by atoms with Crippen LogP contribution in [0.3, 0.4) is 0 Å². The van der Waals surface area contributed by atoms with Gasteiger partial charge >= 0.3 is 0 Å². The van der Waals surface area contributed by atoms with E-state index < -0.39 is 5.54 Å².